The van der Waals surface area contributed by atoms with Crippen molar-refractivity contribution in [1.82, 2.24) is 19.7 Å². The summed E-state index contributed by atoms with van der Waals surface area (Å²) in [4.78, 5) is 19.1. The Bertz CT molecular complexity index is 619. The van der Waals surface area contributed by atoms with Gasteiger partial charge in [0, 0.05) is 23.9 Å². The van der Waals surface area contributed by atoms with Gasteiger partial charge in [0.1, 0.15) is 11.3 Å². The summed E-state index contributed by atoms with van der Waals surface area (Å²) in [5.41, 5.74) is 1.43. The first-order chi connectivity index (χ1) is 8.10. The first-order valence-electron chi connectivity index (χ1n) is 5.88. The molecular weight excluding hydrogens is 216 g/mol. The Kier molecular flexibility index (Phi) is 2.13. The van der Waals surface area contributed by atoms with Crippen LogP contribution >= 0.6 is 0 Å². The van der Waals surface area contributed by atoms with Gasteiger partial charge in [0.05, 0.1) is 6.20 Å². The molecule has 17 heavy (non-hydrogen) atoms. The summed E-state index contributed by atoms with van der Waals surface area (Å²) in [6.45, 7) is 6.00. The van der Waals surface area contributed by atoms with Gasteiger partial charge in [0.15, 0.2) is 0 Å². The van der Waals surface area contributed by atoms with Crippen molar-refractivity contribution in [3.05, 3.63) is 34.3 Å². The maximum Gasteiger partial charge on any atom is 0.274 e. The Hall–Kier alpha value is -1.62. The van der Waals surface area contributed by atoms with E-state index in [1.165, 1.54) is 0 Å². The van der Waals surface area contributed by atoms with Crippen LogP contribution in [0.1, 0.15) is 24.9 Å². The van der Waals surface area contributed by atoms with E-state index in [2.05, 4.69) is 22.2 Å². The highest BCUT2D eigenvalue weighted by Crippen LogP contribution is 2.28. The molecule has 1 saturated heterocycles. The van der Waals surface area contributed by atoms with Gasteiger partial charge >= 0.3 is 0 Å². The van der Waals surface area contributed by atoms with Crippen LogP contribution in [0, 0.1) is 6.92 Å². The van der Waals surface area contributed by atoms with Crippen molar-refractivity contribution < 1.29 is 0 Å². The van der Waals surface area contributed by atoms with E-state index in [1.807, 2.05) is 17.5 Å². The van der Waals surface area contributed by atoms with E-state index in [0.29, 0.717) is 5.52 Å². The van der Waals surface area contributed by atoms with Crippen molar-refractivity contribution in [1.29, 1.82) is 0 Å². The molecule has 1 atom stereocenters. The van der Waals surface area contributed by atoms with Crippen LogP contribution in [0.3, 0.4) is 0 Å². The molecule has 1 fully saturated rings. The Labute approximate surface area is 98.9 Å². The molecule has 90 valence electrons. The lowest BCUT2D eigenvalue weighted by Gasteiger charge is -2.21. The lowest BCUT2D eigenvalue weighted by atomic mass is 9.89. The van der Waals surface area contributed by atoms with Crippen LogP contribution in [-0.2, 0) is 5.41 Å². The lowest BCUT2D eigenvalue weighted by Crippen LogP contribution is -2.28. The maximum atomic E-state index is 11.8. The molecule has 5 heteroatoms. The van der Waals surface area contributed by atoms with Crippen LogP contribution in [-0.4, -0.2) is 27.5 Å². The van der Waals surface area contributed by atoms with Gasteiger partial charge < -0.3 is 10.3 Å². The van der Waals surface area contributed by atoms with E-state index >= 15 is 0 Å². The molecule has 0 bridgehead atoms. The number of hydrogen-bond acceptors (Lipinski definition) is 3. The number of rotatable bonds is 1. The predicted octanol–water partition coefficient (Wildman–Crippen LogP) is 0.582. The molecule has 0 aliphatic carbocycles. The molecule has 3 rings (SSSR count). The van der Waals surface area contributed by atoms with Gasteiger partial charge in [-0.25, -0.2) is 4.98 Å². The lowest BCUT2D eigenvalue weighted by molar-refractivity contribution is 0.486. The molecule has 1 unspecified atom stereocenters. The van der Waals surface area contributed by atoms with Crippen LogP contribution in [0.4, 0.5) is 0 Å². The summed E-state index contributed by atoms with van der Waals surface area (Å²) in [6, 6.07) is 0. The number of imidazole rings is 1. The molecule has 3 heterocycles. The molecule has 0 spiro atoms. The Morgan fingerprint density at radius 2 is 2.35 bits per heavy atom. The molecule has 1 aliphatic heterocycles. The van der Waals surface area contributed by atoms with Gasteiger partial charge in [0.2, 0.25) is 0 Å². The quantitative estimate of drug-likeness (QED) is 0.756. The summed E-state index contributed by atoms with van der Waals surface area (Å²) < 4.78 is 1.93. The average molecular weight is 232 g/mol. The van der Waals surface area contributed by atoms with Crippen molar-refractivity contribution in [2.75, 3.05) is 13.1 Å². The van der Waals surface area contributed by atoms with Crippen LogP contribution in [0.15, 0.2) is 17.2 Å². The van der Waals surface area contributed by atoms with Crippen molar-refractivity contribution >= 4 is 5.52 Å². The Morgan fingerprint density at radius 1 is 1.53 bits per heavy atom. The highest BCUT2D eigenvalue weighted by atomic mass is 16.1. The molecule has 2 aromatic rings. The third-order valence-corrected chi connectivity index (χ3v) is 3.57. The number of H-pyrrole nitrogens is 1. The molecule has 0 radical (unpaired) electrons. The van der Waals surface area contributed by atoms with E-state index in [1.54, 1.807) is 6.20 Å². The Morgan fingerprint density at radius 3 is 3.06 bits per heavy atom. The largest absolute Gasteiger partial charge is 0.323 e. The molecule has 2 aromatic heterocycles. The molecule has 0 amide bonds. The van der Waals surface area contributed by atoms with Crippen LogP contribution in [0.25, 0.3) is 5.52 Å². The van der Waals surface area contributed by atoms with Gasteiger partial charge in [-0.05, 0) is 19.9 Å². The third-order valence-electron chi connectivity index (χ3n) is 3.57. The second-order valence-corrected chi connectivity index (χ2v) is 5.09. The van der Waals surface area contributed by atoms with Gasteiger partial charge in [-0.3, -0.25) is 9.20 Å². The van der Waals surface area contributed by atoms with Gasteiger partial charge in [-0.2, -0.15) is 0 Å². The topological polar surface area (TPSA) is 62.2 Å². The van der Waals surface area contributed by atoms with E-state index in [0.717, 1.165) is 31.0 Å². The molecule has 2 N–H and O–H groups in total. The monoisotopic (exact) mass is 232 g/mol. The zero-order valence-corrected chi connectivity index (χ0v) is 10.1. The van der Waals surface area contributed by atoms with Crippen molar-refractivity contribution in [2.45, 2.75) is 25.7 Å². The van der Waals surface area contributed by atoms with Crippen molar-refractivity contribution in [2.24, 2.45) is 0 Å². The minimum atomic E-state index is -0.0710. The summed E-state index contributed by atoms with van der Waals surface area (Å²) in [5.74, 6) is 0.978. The molecule has 5 nitrogen and oxygen atoms in total. The van der Waals surface area contributed by atoms with Gasteiger partial charge in [0.25, 0.3) is 5.56 Å². The van der Waals surface area contributed by atoms with Crippen molar-refractivity contribution in [3.63, 3.8) is 0 Å². The van der Waals surface area contributed by atoms with E-state index < -0.39 is 0 Å². The summed E-state index contributed by atoms with van der Waals surface area (Å²) in [5, 5.41) is 3.36. The standard InChI is InChI=1S/C12H16N4O/c1-8-6-16-9(10(17)15-8)5-14-11(16)12(2)3-4-13-7-12/h5-6,13H,3-4,7H2,1-2H3,(H,15,17). The zero-order valence-electron chi connectivity index (χ0n) is 10.1. The minimum absolute atomic E-state index is 0.0205. The highest BCUT2D eigenvalue weighted by Gasteiger charge is 2.34. The Balaban J connectivity index is 2.28. The predicted molar refractivity (Wildman–Crippen MR) is 65.4 cm³/mol. The smallest absolute Gasteiger partial charge is 0.274 e. The second-order valence-electron chi connectivity index (χ2n) is 5.09. The summed E-state index contributed by atoms with van der Waals surface area (Å²) in [7, 11) is 0. The SMILES string of the molecule is Cc1cn2c(C3(C)CCNC3)ncc2c(=O)[nH]1. The fraction of sp³-hybridized carbons (Fsp3) is 0.500. The number of nitrogens with one attached hydrogen (secondary N) is 2. The normalized spacial score (nSPS) is 24.6. The van der Waals surface area contributed by atoms with Crippen LogP contribution in [0.5, 0.6) is 0 Å². The van der Waals surface area contributed by atoms with E-state index in [-0.39, 0.29) is 11.0 Å². The number of hydrogen-bond donors (Lipinski definition) is 2. The molecule has 0 aromatic carbocycles. The van der Waals surface area contributed by atoms with E-state index in [4.69, 9.17) is 0 Å². The first-order valence-corrected chi connectivity index (χ1v) is 5.88. The van der Waals surface area contributed by atoms with Crippen molar-refractivity contribution in [3.8, 4) is 0 Å². The summed E-state index contributed by atoms with van der Waals surface area (Å²) >= 11 is 0. The molecule has 0 saturated carbocycles. The fourth-order valence-corrected chi connectivity index (χ4v) is 2.58. The summed E-state index contributed by atoms with van der Waals surface area (Å²) in [6.07, 6.45) is 4.66. The number of fused-ring (bicyclic) bond motifs is 1. The molecule has 1 aliphatic rings. The molecular formula is C12H16N4O. The van der Waals surface area contributed by atoms with Gasteiger partial charge in [-0.15, -0.1) is 0 Å². The average Bonchev–Trinajstić information content (AvgIpc) is 2.84. The zero-order chi connectivity index (χ0) is 12.0. The van der Waals surface area contributed by atoms with Gasteiger partial charge in [-0.1, -0.05) is 6.92 Å². The fourth-order valence-electron chi connectivity index (χ4n) is 2.58. The number of aryl methyl sites for hydroxylation is 1. The number of nitrogens with zero attached hydrogens (tertiary/aromatic N) is 2. The van der Waals surface area contributed by atoms with Crippen LogP contribution < -0.4 is 10.9 Å². The number of aromatic nitrogens is 3. The third kappa shape index (κ3) is 1.50. The second kappa shape index (κ2) is 3.43. The van der Waals surface area contributed by atoms with E-state index in [9.17, 15) is 4.79 Å². The highest BCUT2D eigenvalue weighted by molar-refractivity contribution is 5.45. The first kappa shape index (κ1) is 10.5. The minimum Gasteiger partial charge on any atom is -0.323 e. The number of aromatic amines is 1. The maximum absolute atomic E-state index is 11.8. The van der Waals surface area contributed by atoms with Crippen LogP contribution in [0.2, 0.25) is 0 Å².